The van der Waals surface area contributed by atoms with E-state index in [1.807, 2.05) is 6.07 Å². The van der Waals surface area contributed by atoms with Crippen molar-refractivity contribution in [1.29, 1.82) is 5.26 Å². The number of aliphatic hydroxyl groups excluding tert-OH is 1. The number of carbonyl (C=O) groups excluding carboxylic acids is 1. The van der Waals surface area contributed by atoms with E-state index in [0.717, 1.165) is 43.7 Å². The van der Waals surface area contributed by atoms with Crippen molar-refractivity contribution >= 4 is 29.0 Å². The number of nitriles is 1. The molecule has 30 heavy (non-hydrogen) atoms. The zero-order valence-electron chi connectivity index (χ0n) is 17.1. The molecule has 1 atom stereocenters. The molecule has 2 aromatic rings. The number of hydrogen-bond donors (Lipinski definition) is 4. The Bertz CT molecular complexity index is 941. The largest absolute Gasteiger partial charge is 0.399 e. The molecule has 1 unspecified atom stereocenters. The smallest absolute Gasteiger partial charge is 0.245 e. The number of rotatable bonds is 7. The molecule has 0 bridgehead atoms. The summed E-state index contributed by atoms with van der Waals surface area (Å²) < 4.78 is 0. The molecular formula is C21H27N7O2. The SMILES string of the molecule is CCCc1cc(N2CCCC(NC(=O)CO)C2)nc(Nc2cc(N)cc(C#N)c2)n1. The van der Waals surface area contributed by atoms with Gasteiger partial charge in [-0.15, -0.1) is 0 Å². The molecule has 2 heterocycles. The highest BCUT2D eigenvalue weighted by Gasteiger charge is 2.23. The van der Waals surface area contributed by atoms with Gasteiger partial charge in [-0.2, -0.15) is 10.2 Å². The molecule has 9 nitrogen and oxygen atoms in total. The van der Waals surface area contributed by atoms with Gasteiger partial charge in [0.2, 0.25) is 11.9 Å². The quantitative estimate of drug-likeness (QED) is 0.507. The molecular weight excluding hydrogens is 382 g/mol. The maximum absolute atomic E-state index is 11.6. The lowest BCUT2D eigenvalue weighted by Gasteiger charge is -2.34. The molecule has 1 saturated heterocycles. The minimum Gasteiger partial charge on any atom is -0.399 e. The van der Waals surface area contributed by atoms with Crippen LogP contribution >= 0.6 is 0 Å². The van der Waals surface area contributed by atoms with E-state index in [1.165, 1.54) is 0 Å². The molecule has 0 spiro atoms. The number of nitrogens with two attached hydrogens (primary N) is 1. The van der Waals surface area contributed by atoms with Gasteiger partial charge in [0.05, 0.1) is 11.6 Å². The third-order valence-corrected chi connectivity index (χ3v) is 4.87. The average molecular weight is 409 g/mol. The van der Waals surface area contributed by atoms with Gasteiger partial charge in [0.15, 0.2) is 0 Å². The van der Waals surface area contributed by atoms with Crippen LogP contribution < -0.4 is 21.3 Å². The highest BCUT2D eigenvalue weighted by Crippen LogP contribution is 2.24. The van der Waals surface area contributed by atoms with Gasteiger partial charge in [0.1, 0.15) is 12.4 Å². The van der Waals surface area contributed by atoms with Crippen molar-refractivity contribution in [2.24, 2.45) is 0 Å². The number of nitrogen functional groups attached to an aromatic ring is 1. The molecule has 1 aliphatic heterocycles. The lowest BCUT2D eigenvalue weighted by atomic mass is 10.1. The summed E-state index contributed by atoms with van der Waals surface area (Å²) in [6, 6.07) is 9.08. The molecule has 3 rings (SSSR count). The van der Waals surface area contributed by atoms with Gasteiger partial charge < -0.3 is 26.4 Å². The Hall–Kier alpha value is -3.38. The van der Waals surface area contributed by atoms with Crippen molar-refractivity contribution in [3.8, 4) is 6.07 Å². The lowest BCUT2D eigenvalue weighted by molar-refractivity contribution is -0.124. The van der Waals surface area contributed by atoms with Gasteiger partial charge in [-0.05, 0) is 37.5 Å². The number of aryl methyl sites for hydroxylation is 1. The summed E-state index contributed by atoms with van der Waals surface area (Å²) in [6.07, 6.45) is 3.53. The fraction of sp³-hybridized carbons (Fsp3) is 0.429. The summed E-state index contributed by atoms with van der Waals surface area (Å²) >= 11 is 0. The van der Waals surface area contributed by atoms with Gasteiger partial charge in [0, 0.05) is 42.3 Å². The van der Waals surface area contributed by atoms with Crippen molar-refractivity contribution in [3.63, 3.8) is 0 Å². The summed E-state index contributed by atoms with van der Waals surface area (Å²) in [5, 5.41) is 24.2. The third kappa shape index (κ3) is 5.58. The van der Waals surface area contributed by atoms with E-state index in [-0.39, 0.29) is 11.9 Å². The summed E-state index contributed by atoms with van der Waals surface area (Å²) in [7, 11) is 0. The van der Waals surface area contributed by atoms with Crippen LogP contribution in [-0.2, 0) is 11.2 Å². The molecule has 0 saturated carbocycles. The molecule has 0 aliphatic carbocycles. The highest BCUT2D eigenvalue weighted by atomic mass is 16.3. The number of carbonyl (C=O) groups is 1. The van der Waals surface area contributed by atoms with Crippen molar-refractivity contribution < 1.29 is 9.90 Å². The van der Waals surface area contributed by atoms with Gasteiger partial charge in [-0.25, -0.2) is 4.98 Å². The Morgan fingerprint density at radius 3 is 2.93 bits per heavy atom. The van der Waals surface area contributed by atoms with Crippen LogP contribution in [0.2, 0.25) is 0 Å². The van der Waals surface area contributed by atoms with E-state index >= 15 is 0 Å². The van der Waals surface area contributed by atoms with Crippen LogP contribution in [0.3, 0.4) is 0 Å². The fourth-order valence-electron chi connectivity index (χ4n) is 3.58. The summed E-state index contributed by atoms with van der Waals surface area (Å²) in [6.45, 7) is 3.02. The maximum Gasteiger partial charge on any atom is 0.245 e. The molecule has 158 valence electrons. The number of piperidine rings is 1. The van der Waals surface area contributed by atoms with Crippen LogP contribution in [-0.4, -0.2) is 46.7 Å². The van der Waals surface area contributed by atoms with Crippen LogP contribution in [0.4, 0.5) is 23.1 Å². The fourth-order valence-corrected chi connectivity index (χ4v) is 3.58. The Morgan fingerprint density at radius 1 is 1.37 bits per heavy atom. The lowest BCUT2D eigenvalue weighted by Crippen LogP contribution is -2.48. The normalized spacial score (nSPS) is 16.0. The van der Waals surface area contributed by atoms with Gasteiger partial charge >= 0.3 is 0 Å². The number of nitrogens with one attached hydrogen (secondary N) is 2. The Labute approximate surface area is 175 Å². The zero-order valence-corrected chi connectivity index (χ0v) is 17.1. The summed E-state index contributed by atoms with van der Waals surface area (Å²) in [5.41, 5.74) is 8.40. The number of benzene rings is 1. The van der Waals surface area contributed by atoms with Crippen LogP contribution in [0.25, 0.3) is 0 Å². The first kappa shape index (κ1) is 21.3. The summed E-state index contributed by atoms with van der Waals surface area (Å²) in [5.74, 6) is 0.851. The topological polar surface area (TPSA) is 140 Å². The number of anilines is 4. The Morgan fingerprint density at radius 2 is 2.20 bits per heavy atom. The molecule has 1 aromatic carbocycles. The van der Waals surface area contributed by atoms with Crippen molar-refractivity contribution in [2.45, 2.75) is 38.6 Å². The number of nitrogens with zero attached hydrogens (tertiary/aromatic N) is 4. The zero-order chi connectivity index (χ0) is 21.5. The molecule has 5 N–H and O–H groups in total. The van der Waals surface area contributed by atoms with Crippen molar-refractivity contribution in [2.75, 3.05) is 35.6 Å². The average Bonchev–Trinajstić information content (AvgIpc) is 2.73. The molecule has 0 radical (unpaired) electrons. The number of hydrogen-bond acceptors (Lipinski definition) is 8. The van der Waals surface area contributed by atoms with Gasteiger partial charge in [-0.3, -0.25) is 4.79 Å². The van der Waals surface area contributed by atoms with E-state index in [4.69, 9.17) is 16.1 Å². The second-order valence-corrected chi connectivity index (χ2v) is 7.38. The number of amides is 1. The predicted molar refractivity (Wildman–Crippen MR) is 115 cm³/mol. The monoisotopic (exact) mass is 409 g/mol. The van der Waals surface area contributed by atoms with Crippen LogP contribution in [0, 0.1) is 11.3 Å². The van der Waals surface area contributed by atoms with E-state index in [1.54, 1.807) is 18.2 Å². The van der Waals surface area contributed by atoms with Crippen LogP contribution in [0.15, 0.2) is 24.3 Å². The predicted octanol–water partition coefficient (Wildman–Crippen LogP) is 1.70. The van der Waals surface area contributed by atoms with Crippen LogP contribution in [0.1, 0.15) is 37.4 Å². The summed E-state index contributed by atoms with van der Waals surface area (Å²) in [4.78, 5) is 22.9. The van der Waals surface area contributed by atoms with E-state index in [2.05, 4.69) is 38.5 Å². The Kier molecular flexibility index (Phi) is 7.03. The van der Waals surface area contributed by atoms with E-state index in [0.29, 0.717) is 29.4 Å². The second kappa shape index (κ2) is 9.89. The van der Waals surface area contributed by atoms with Gasteiger partial charge in [0.25, 0.3) is 0 Å². The first-order valence-corrected chi connectivity index (χ1v) is 10.1. The second-order valence-electron chi connectivity index (χ2n) is 7.38. The first-order valence-electron chi connectivity index (χ1n) is 10.1. The van der Waals surface area contributed by atoms with Crippen molar-refractivity contribution in [3.05, 3.63) is 35.5 Å². The van der Waals surface area contributed by atoms with E-state index in [9.17, 15) is 4.79 Å². The highest BCUT2D eigenvalue weighted by molar-refractivity contribution is 5.77. The maximum atomic E-state index is 11.6. The molecule has 1 aliphatic rings. The molecule has 1 amide bonds. The van der Waals surface area contributed by atoms with Crippen molar-refractivity contribution in [1.82, 2.24) is 15.3 Å². The number of aromatic nitrogens is 2. The minimum atomic E-state index is -0.510. The standard InChI is InChI=1S/C21H27N7O2/c1-2-4-16-10-19(28-6-3-5-17(12-28)24-20(30)13-29)27-21(25-16)26-18-8-14(11-22)7-15(23)9-18/h7-10,17,29H,2-6,12-13,23H2,1H3,(H,24,30)(H,25,26,27). The molecule has 1 fully saturated rings. The third-order valence-electron chi connectivity index (χ3n) is 4.87. The molecule has 1 aromatic heterocycles. The number of aliphatic hydroxyl groups is 1. The van der Waals surface area contributed by atoms with Gasteiger partial charge in [-0.1, -0.05) is 13.3 Å². The Balaban J connectivity index is 1.85. The van der Waals surface area contributed by atoms with E-state index < -0.39 is 6.61 Å². The first-order chi connectivity index (χ1) is 14.5. The van der Waals surface area contributed by atoms with Crippen LogP contribution in [0.5, 0.6) is 0 Å². The minimum absolute atomic E-state index is 0.0356. The molecule has 9 heteroatoms.